The molecule has 0 bridgehead atoms. The van der Waals surface area contributed by atoms with E-state index in [0.717, 1.165) is 0 Å². The molecular formula is H7ClNaO4PSi. The minimum absolute atomic E-state index is 0. The fraction of sp³-hybridized carbons (Fsp3) is 0. The maximum atomic E-state index is 9.34. The predicted octanol–water partition coefficient (Wildman–Crippen LogP) is -1.85. The smallest absolute Gasteiger partial charge is 0.0149 e. The van der Waals surface area contributed by atoms with Crippen molar-refractivity contribution < 1.29 is 18.4 Å². The van der Waals surface area contributed by atoms with Crippen LogP contribution < -0.4 is 0 Å². The molecule has 0 atom stereocenters. The Labute approximate surface area is 78.3 Å². The van der Waals surface area contributed by atoms with Gasteiger partial charge >= 0.3 is 37.4 Å². The molecule has 0 aliphatic carbocycles. The van der Waals surface area contributed by atoms with Gasteiger partial charge in [-0.25, -0.2) is 4.57 Å². The van der Waals surface area contributed by atoms with Crippen LogP contribution in [0.4, 0.5) is 0 Å². The molecule has 0 aliphatic rings. The number of phosphoric acid groups is 1. The fourth-order valence-electron chi connectivity index (χ4n) is 0. The van der Waals surface area contributed by atoms with Gasteiger partial charge in [0.1, 0.15) is 0 Å². The Bertz CT molecular complexity index is 80.1. The summed E-state index contributed by atoms with van der Waals surface area (Å²) in [6.07, 6.45) is 0. The monoisotopic (exact) mass is 188 g/mol. The molecule has 0 heterocycles. The van der Waals surface area contributed by atoms with Crippen LogP contribution in [-0.4, -0.2) is 50.3 Å². The number of rotatable bonds is 1. The van der Waals surface area contributed by atoms with Gasteiger partial charge in [-0.3, -0.25) is 0 Å². The molecule has 48 valence electrons. The molecule has 0 amide bonds. The normalized spacial score (nSPS) is 8.88. The van der Waals surface area contributed by atoms with E-state index in [1.54, 1.807) is 0 Å². The first-order chi connectivity index (χ1) is 2.56. The molecule has 8 heteroatoms. The number of hydrogen-bond donors (Lipinski definition) is 2. The van der Waals surface area contributed by atoms with Crippen molar-refractivity contribution in [2.45, 2.75) is 0 Å². The van der Waals surface area contributed by atoms with E-state index in [4.69, 9.17) is 9.79 Å². The van der Waals surface area contributed by atoms with E-state index >= 15 is 0 Å². The van der Waals surface area contributed by atoms with E-state index in [1.807, 2.05) is 0 Å². The van der Waals surface area contributed by atoms with Crippen molar-refractivity contribution >= 4 is 60.2 Å². The minimum Gasteiger partial charge on any atom is -0.0149 e. The van der Waals surface area contributed by atoms with Gasteiger partial charge in [0.25, 0.3) is 0 Å². The average molecular weight is 189 g/mol. The van der Waals surface area contributed by atoms with Crippen LogP contribution in [0, 0.1) is 0 Å². The quantitative estimate of drug-likeness (QED) is 0.375. The van der Waals surface area contributed by atoms with E-state index < -0.39 is 7.82 Å². The van der Waals surface area contributed by atoms with E-state index in [-0.39, 0.29) is 40.5 Å². The van der Waals surface area contributed by atoms with Gasteiger partial charge in [-0.15, -0.1) is 0 Å². The molecule has 0 unspecified atom stereocenters. The minimum atomic E-state index is -4.38. The first-order valence-electron chi connectivity index (χ1n) is 0.919. The molecular weight excluding hydrogens is 181 g/mol. The summed E-state index contributed by atoms with van der Waals surface area (Å²) in [4.78, 5) is 15.2. The Hall–Kier alpha value is 1.62. The SMILES string of the molecule is O=P(O)(O)OCl.[NaH].[SiH4]. The third-order valence-corrected chi connectivity index (χ3v) is 0.809. The Morgan fingerprint density at radius 3 is 1.62 bits per heavy atom. The number of hydrogen-bond acceptors (Lipinski definition) is 2. The third-order valence-electron chi connectivity index (χ3n) is 0.0899. The first kappa shape index (κ1) is 16.3. The van der Waals surface area contributed by atoms with Crippen LogP contribution in [0.25, 0.3) is 0 Å². The van der Waals surface area contributed by atoms with Crippen molar-refractivity contribution in [3.63, 3.8) is 0 Å². The van der Waals surface area contributed by atoms with Gasteiger partial charge in [-0.05, 0) is 11.0 Å². The second-order valence-electron chi connectivity index (χ2n) is 0.560. The Morgan fingerprint density at radius 2 is 1.62 bits per heavy atom. The van der Waals surface area contributed by atoms with Gasteiger partial charge in [-0.1, -0.05) is 0 Å². The van der Waals surface area contributed by atoms with Gasteiger partial charge in [0.05, 0.1) is 11.9 Å². The Kier molecular flexibility index (Phi) is 13.7. The first-order valence-corrected chi connectivity index (χ1v) is 2.76. The van der Waals surface area contributed by atoms with Crippen molar-refractivity contribution in [3.8, 4) is 0 Å². The molecule has 0 saturated carbocycles. The summed E-state index contributed by atoms with van der Waals surface area (Å²) in [5.74, 6) is 0. The van der Waals surface area contributed by atoms with Crippen LogP contribution in [0.1, 0.15) is 0 Å². The zero-order valence-electron chi connectivity index (χ0n) is 2.54. The molecule has 0 aromatic rings. The van der Waals surface area contributed by atoms with Crippen molar-refractivity contribution in [3.05, 3.63) is 0 Å². The summed E-state index contributed by atoms with van der Waals surface area (Å²) in [6.45, 7) is 0. The Morgan fingerprint density at radius 1 is 1.50 bits per heavy atom. The summed E-state index contributed by atoms with van der Waals surface area (Å²) in [7, 11) is -4.38. The maximum absolute atomic E-state index is 9.34. The molecule has 8 heavy (non-hydrogen) atoms. The largest absolute Gasteiger partial charge is 0.0149 e. The number of halogens is 1. The van der Waals surface area contributed by atoms with Gasteiger partial charge in [0.15, 0.2) is 0 Å². The second-order valence-corrected chi connectivity index (χ2v) is 2.09. The average Bonchev–Trinajstić information content (AvgIpc) is 1.35. The summed E-state index contributed by atoms with van der Waals surface area (Å²) >= 11 is 4.21. The van der Waals surface area contributed by atoms with Gasteiger partial charge in [0.2, 0.25) is 0 Å². The van der Waals surface area contributed by atoms with Crippen molar-refractivity contribution in [1.82, 2.24) is 0 Å². The van der Waals surface area contributed by atoms with Crippen LogP contribution in [0.15, 0.2) is 0 Å². The van der Waals surface area contributed by atoms with Crippen LogP contribution in [-0.2, 0) is 8.64 Å². The van der Waals surface area contributed by atoms with Crippen molar-refractivity contribution in [1.29, 1.82) is 0 Å². The molecule has 4 nitrogen and oxygen atoms in total. The van der Waals surface area contributed by atoms with Crippen LogP contribution in [0.2, 0.25) is 0 Å². The molecule has 0 aromatic heterocycles. The van der Waals surface area contributed by atoms with Gasteiger partial charge in [-0.2, -0.15) is 4.08 Å². The van der Waals surface area contributed by atoms with E-state index in [1.165, 1.54) is 0 Å². The molecule has 0 spiro atoms. The summed E-state index contributed by atoms with van der Waals surface area (Å²) in [6, 6.07) is 0. The standard InChI is InChI=1S/ClH2O4P.Na.H4Si.H/c1-5-6(2,3)4;;;/h(H2,2,3,4);;1H4;. The van der Waals surface area contributed by atoms with Crippen molar-refractivity contribution in [2.75, 3.05) is 0 Å². The van der Waals surface area contributed by atoms with E-state index in [0.29, 0.717) is 0 Å². The summed E-state index contributed by atoms with van der Waals surface area (Å²) < 4.78 is 12.4. The molecule has 0 aliphatic heterocycles. The van der Waals surface area contributed by atoms with Crippen LogP contribution in [0.5, 0.6) is 0 Å². The summed E-state index contributed by atoms with van der Waals surface area (Å²) in [5, 5.41) is 0. The topological polar surface area (TPSA) is 66.8 Å². The molecule has 0 fully saturated rings. The van der Waals surface area contributed by atoms with Crippen LogP contribution in [0.3, 0.4) is 0 Å². The third kappa shape index (κ3) is 15.6. The molecule has 0 saturated heterocycles. The molecule has 0 rings (SSSR count). The molecule has 0 radical (unpaired) electrons. The summed E-state index contributed by atoms with van der Waals surface area (Å²) in [5.41, 5.74) is 0. The van der Waals surface area contributed by atoms with Gasteiger partial charge in [0, 0.05) is 0 Å². The maximum Gasteiger partial charge on any atom is -0.0149 e. The van der Waals surface area contributed by atoms with E-state index in [2.05, 4.69) is 15.9 Å². The fourth-order valence-corrected chi connectivity index (χ4v) is 0. The van der Waals surface area contributed by atoms with Crippen molar-refractivity contribution in [2.24, 2.45) is 0 Å². The molecule has 2 N–H and O–H groups in total. The molecule has 0 aromatic carbocycles. The Balaban J connectivity index is -0.000000125. The zero-order valence-corrected chi connectivity index (χ0v) is 4.19. The van der Waals surface area contributed by atoms with E-state index in [9.17, 15) is 4.57 Å². The zero-order chi connectivity index (χ0) is 5.21. The van der Waals surface area contributed by atoms with Crippen LogP contribution >= 0.6 is 19.7 Å². The van der Waals surface area contributed by atoms with Gasteiger partial charge < -0.3 is 9.79 Å². The predicted molar refractivity (Wildman–Crippen MR) is 37.5 cm³/mol. The second kappa shape index (κ2) is 6.73.